The maximum absolute atomic E-state index is 13.2. The van der Waals surface area contributed by atoms with E-state index in [2.05, 4.69) is 25.7 Å². The molecular formula is C15H20BrF3N2. The number of hydrogen-bond acceptors (Lipinski definition) is 2. The number of rotatable bonds is 4. The van der Waals surface area contributed by atoms with Crippen molar-refractivity contribution >= 4 is 21.6 Å². The van der Waals surface area contributed by atoms with Gasteiger partial charge in [-0.05, 0) is 44.6 Å². The molecule has 1 aromatic carbocycles. The van der Waals surface area contributed by atoms with Crippen molar-refractivity contribution in [3.63, 3.8) is 0 Å². The molecule has 6 heteroatoms. The van der Waals surface area contributed by atoms with E-state index < -0.39 is 11.7 Å². The SMILES string of the molecule is CN(C)CC1CCCN1c1ccc(CBr)c(C(F)(F)F)c1. The van der Waals surface area contributed by atoms with Gasteiger partial charge in [-0.15, -0.1) is 0 Å². The van der Waals surface area contributed by atoms with Gasteiger partial charge in [-0.2, -0.15) is 13.2 Å². The smallest absolute Gasteiger partial charge is 0.367 e. The Kier molecular flexibility index (Phi) is 5.20. The lowest BCUT2D eigenvalue weighted by Gasteiger charge is -2.30. The van der Waals surface area contributed by atoms with Gasteiger partial charge in [-0.1, -0.05) is 22.0 Å². The minimum absolute atomic E-state index is 0.212. The molecule has 1 saturated heterocycles. The van der Waals surface area contributed by atoms with Crippen LogP contribution in [0, 0.1) is 0 Å². The Morgan fingerprint density at radius 3 is 2.62 bits per heavy atom. The third kappa shape index (κ3) is 3.92. The molecule has 118 valence electrons. The maximum Gasteiger partial charge on any atom is 0.416 e. The molecule has 21 heavy (non-hydrogen) atoms. The van der Waals surface area contributed by atoms with Crippen molar-refractivity contribution in [3.8, 4) is 0 Å². The molecule has 0 saturated carbocycles. The summed E-state index contributed by atoms with van der Waals surface area (Å²) in [5.74, 6) is 0. The van der Waals surface area contributed by atoms with Gasteiger partial charge in [-0.3, -0.25) is 0 Å². The zero-order chi connectivity index (χ0) is 15.6. The number of halogens is 4. The second kappa shape index (κ2) is 6.57. The van der Waals surface area contributed by atoms with Crippen LogP contribution in [0.15, 0.2) is 18.2 Å². The molecular weight excluding hydrogens is 345 g/mol. The molecule has 1 heterocycles. The van der Waals surface area contributed by atoms with Gasteiger partial charge in [0, 0.05) is 30.1 Å². The topological polar surface area (TPSA) is 6.48 Å². The first kappa shape index (κ1) is 16.6. The highest BCUT2D eigenvalue weighted by molar-refractivity contribution is 9.08. The summed E-state index contributed by atoms with van der Waals surface area (Å²) in [5, 5.41) is 0.212. The number of alkyl halides is 4. The molecule has 1 fully saturated rings. The molecule has 1 atom stereocenters. The van der Waals surface area contributed by atoms with Gasteiger partial charge in [0.25, 0.3) is 0 Å². The van der Waals surface area contributed by atoms with Crippen molar-refractivity contribution in [2.75, 3.05) is 32.1 Å². The van der Waals surface area contributed by atoms with E-state index in [0.717, 1.165) is 25.9 Å². The van der Waals surface area contributed by atoms with Crippen molar-refractivity contribution in [2.24, 2.45) is 0 Å². The van der Waals surface area contributed by atoms with Crippen LogP contribution in [0.25, 0.3) is 0 Å². The number of nitrogens with zero attached hydrogens (tertiary/aromatic N) is 2. The van der Waals surface area contributed by atoms with E-state index in [-0.39, 0.29) is 16.9 Å². The summed E-state index contributed by atoms with van der Waals surface area (Å²) in [6, 6.07) is 4.97. The molecule has 0 amide bonds. The number of hydrogen-bond donors (Lipinski definition) is 0. The molecule has 0 aromatic heterocycles. The van der Waals surface area contributed by atoms with E-state index in [1.165, 1.54) is 6.07 Å². The zero-order valence-corrected chi connectivity index (χ0v) is 13.8. The molecule has 0 bridgehead atoms. The molecule has 0 aliphatic carbocycles. The number of anilines is 1. The van der Waals surface area contributed by atoms with E-state index in [9.17, 15) is 13.2 Å². The highest BCUT2D eigenvalue weighted by Crippen LogP contribution is 2.37. The lowest BCUT2D eigenvalue weighted by Crippen LogP contribution is -2.37. The van der Waals surface area contributed by atoms with Crippen LogP contribution in [0.1, 0.15) is 24.0 Å². The average Bonchev–Trinajstić information content (AvgIpc) is 2.84. The molecule has 1 aliphatic heterocycles. The van der Waals surface area contributed by atoms with E-state index in [1.807, 2.05) is 14.1 Å². The first-order valence-electron chi connectivity index (χ1n) is 7.00. The van der Waals surface area contributed by atoms with Gasteiger partial charge in [0.2, 0.25) is 0 Å². The van der Waals surface area contributed by atoms with Gasteiger partial charge < -0.3 is 9.80 Å². The van der Waals surface area contributed by atoms with Gasteiger partial charge in [0.15, 0.2) is 0 Å². The van der Waals surface area contributed by atoms with E-state index in [0.29, 0.717) is 5.69 Å². The van der Waals surface area contributed by atoms with Crippen LogP contribution in [0.4, 0.5) is 18.9 Å². The van der Waals surface area contributed by atoms with Crippen LogP contribution in [0.3, 0.4) is 0 Å². The summed E-state index contributed by atoms with van der Waals surface area (Å²) in [5.41, 5.74) is 0.429. The molecule has 0 spiro atoms. The third-order valence-corrected chi connectivity index (χ3v) is 4.43. The summed E-state index contributed by atoms with van der Waals surface area (Å²) in [6.45, 7) is 1.69. The molecule has 0 N–H and O–H groups in total. The predicted octanol–water partition coefficient (Wildman–Crippen LogP) is 4.13. The lowest BCUT2D eigenvalue weighted by molar-refractivity contribution is -0.138. The van der Waals surface area contributed by atoms with E-state index in [4.69, 9.17) is 0 Å². The Labute approximate surface area is 132 Å². The highest BCUT2D eigenvalue weighted by Gasteiger charge is 2.34. The normalized spacial score (nSPS) is 19.6. The first-order valence-corrected chi connectivity index (χ1v) is 8.12. The van der Waals surface area contributed by atoms with Gasteiger partial charge >= 0.3 is 6.18 Å². The zero-order valence-electron chi connectivity index (χ0n) is 12.3. The lowest BCUT2D eigenvalue weighted by atomic mass is 10.1. The van der Waals surface area contributed by atoms with Crippen LogP contribution >= 0.6 is 15.9 Å². The molecule has 1 aromatic rings. The van der Waals surface area contributed by atoms with Crippen molar-refractivity contribution in [3.05, 3.63) is 29.3 Å². The fourth-order valence-corrected chi connectivity index (χ4v) is 3.40. The van der Waals surface area contributed by atoms with Crippen LogP contribution in [0.2, 0.25) is 0 Å². The minimum atomic E-state index is -4.31. The summed E-state index contributed by atoms with van der Waals surface area (Å²) in [4.78, 5) is 4.19. The summed E-state index contributed by atoms with van der Waals surface area (Å²) in [6.07, 6.45) is -2.25. The van der Waals surface area contributed by atoms with Gasteiger partial charge in [-0.25, -0.2) is 0 Å². The second-order valence-electron chi connectivity index (χ2n) is 5.72. The Hall–Kier alpha value is -0.750. The fourth-order valence-electron chi connectivity index (χ4n) is 2.91. The Bertz CT molecular complexity index is 488. The fraction of sp³-hybridized carbons (Fsp3) is 0.600. The quantitative estimate of drug-likeness (QED) is 0.741. The maximum atomic E-state index is 13.2. The van der Waals surface area contributed by atoms with Gasteiger partial charge in [0.05, 0.1) is 5.56 Å². The highest BCUT2D eigenvalue weighted by atomic mass is 79.9. The van der Waals surface area contributed by atoms with Crippen molar-refractivity contribution in [2.45, 2.75) is 30.4 Å². The average molecular weight is 365 g/mol. The number of likely N-dealkylation sites (N-methyl/N-ethyl adjacent to an activating group) is 1. The first-order chi connectivity index (χ1) is 9.82. The Morgan fingerprint density at radius 1 is 1.33 bits per heavy atom. The minimum Gasteiger partial charge on any atom is -0.367 e. The van der Waals surface area contributed by atoms with Crippen molar-refractivity contribution in [1.82, 2.24) is 4.90 Å². The molecule has 2 rings (SSSR count). The Balaban J connectivity index is 2.31. The van der Waals surface area contributed by atoms with Crippen LogP contribution < -0.4 is 4.90 Å². The Morgan fingerprint density at radius 2 is 2.05 bits per heavy atom. The molecule has 0 radical (unpaired) electrons. The van der Waals surface area contributed by atoms with Crippen LogP contribution in [0.5, 0.6) is 0 Å². The standard InChI is InChI=1S/C15H20BrF3N2/c1-20(2)10-13-4-3-7-21(13)12-6-5-11(9-16)14(8-12)15(17,18)19/h5-6,8,13H,3-4,7,9-10H2,1-2H3. The monoisotopic (exact) mass is 364 g/mol. The van der Waals surface area contributed by atoms with Crippen LogP contribution in [-0.2, 0) is 11.5 Å². The molecule has 2 nitrogen and oxygen atoms in total. The summed E-state index contributed by atoms with van der Waals surface area (Å²) >= 11 is 3.13. The largest absolute Gasteiger partial charge is 0.416 e. The molecule has 1 aliphatic rings. The van der Waals surface area contributed by atoms with Crippen molar-refractivity contribution in [1.29, 1.82) is 0 Å². The summed E-state index contributed by atoms with van der Waals surface area (Å²) in [7, 11) is 3.98. The predicted molar refractivity (Wildman–Crippen MR) is 83.0 cm³/mol. The second-order valence-corrected chi connectivity index (χ2v) is 6.29. The van der Waals surface area contributed by atoms with Crippen LogP contribution in [-0.4, -0.2) is 38.1 Å². The van der Waals surface area contributed by atoms with Crippen molar-refractivity contribution < 1.29 is 13.2 Å². The van der Waals surface area contributed by atoms with Gasteiger partial charge in [0.1, 0.15) is 0 Å². The van der Waals surface area contributed by atoms with E-state index in [1.54, 1.807) is 12.1 Å². The summed E-state index contributed by atoms with van der Waals surface area (Å²) < 4.78 is 39.5. The third-order valence-electron chi connectivity index (χ3n) is 3.83. The van der Waals surface area contributed by atoms with E-state index >= 15 is 0 Å². The molecule has 1 unspecified atom stereocenters. The number of benzene rings is 1.